The summed E-state index contributed by atoms with van der Waals surface area (Å²) in [5.74, 6) is -1.70. The molecule has 0 N–H and O–H groups in total. The molecule has 0 spiro atoms. The highest BCUT2D eigenvalue weighted by atomic mass is 35.5. The van der Waals surface area contributed by atoms with Gasteiger partial charge >= 0.3 is 6.18 Å². The average Bonchev–Trinajstić information content (AvgIpc) is 2.88. The molecule has 2 fully saturated rings. The van der Waals surface area contributed by atoms with Crippen LogP contribution in [0.15, 0.2) is 42.5 Å². The molecular formula is C27H34Cl3F4N3O3. The maximum absolute atomic E-state index is 14.1. The van der Waals surface area contributed by atoms with Gasteiger partial charge in [0, 0.05) is 69.6 Å². The molecule has 0 aliphatic carbocycles. The number of alkyl halides is 3. The van der Waals surface area contributed by atoms with Crippen LogP contribution in [0.2, 0.25) is 5.02 Å². The molecule has 13 heteroatoms. The van der Waals surface area contributed by atoms with Crippen molar-refractivity contribution >= 4 is 42.3 Å². The summed E-state index contributed by atoms with van der Waals surface area (Å²) in [4.78, 5) is 19.6. The van der Waals surface area contributed by atoms with Crippen molar-refractivity contribution in [1.82, 2.24) is 14.7 Å². The Hall–Kier alpha value is -1.66. The molecule has 2 aliphatic rings. The maximum Gasteiger partial charge on any atom is 0.416 e. The summed E-state index contributed by atoms with van der Waals surface area (Å²) in [5.41, 5.74) is -0.528. The standard InChI is InChI=1S/C27H32ClF4N3O3.2ClH/c1-37-18-25-17-34(10-11-38-25)7-6-33-8-9-35(24(16-33)12-19-2-4-22(28)5-3-19)26(36)20-13-21(27(30,31)32)15-23(29)14-20;;/h2-5,13-15,24-25H,6-12,16-18H2,1H3;2*1H/t24-,25+;;/m1../s1. The fourth-order valence-electron chi connectivity index (χ4n) is 5.05. The smallest absolute Gasteiger partial charge is 0.382 e. The van der Waals surface area contributed by atoms with Crippen LogP contribution < -0.4 is 0 Å². The van der Waals surface area contributed by atoms with Crippen LogP contribution in [0.5, 0.6) is 0 Å². The van der Waals surface area contributed by atoms with Crippen molar-refractivity contribution < 1.29 is 31.8 Å². The lowest BCUT2D eigenvalue weighted by molar-refractivity contribution is -0.137. The van der Waals surface area contributed by atoms with Crippen LogP contribution in [-0.2, 0) is 22.1 Å². The van der Waals surface area contributed by atoms with Crippen molar-refractivity contribution in [1.29, 1.82) is 0 Å². The van der Waals surface area contributed by atoms with Crippen molar-refractivity contribution in [3.8, 4) is 0 Å². The van der Waals surface area contributed by atoms with E-state index in [9.17, 15) is 22.4 Å². The van der Waals surface area contributed by atoms with Gasteiger partial charge < -0.3 is 14.4 Å². The van der Waals surface area contributed by atoms with Gasteiger partial charge in [-0.1, -0.05) is 23.7 Å². The van der Waals surface area contributed by atoms with Gasteiger partial charge in [0.2, 0.25) is 0 Å². The minimum absolute atomic E-state index is 0. The zero-order chi connectivity index (χ0) is 27.3. The summed E-state index contributed by atoms with van der Waals surface area (Å²) in [6, 6.07) is 8.98. The van der Waals surface area contributed by atoms with E-state index < -0.39 is 23.5 Å². The lowest BCUT2D eigenvalue weighted by Crippen LogP contribution is -2.57. The molecule has 224 valence electrons. The molecule has 6 nitrogen and oxygen atoms in total. The highest BCUT2D eigenvalue weighted by Gasteiger charge is 2.35. The number of carbonyl (C=O) groups is 1. The number of ether oxygens (including phenoxy) is 2. The Kier molecular flexibility index (Phi) is 13.4. The molecule has 0 aromatic heterocycles. The van der Waals surface area contributed by atoms with Crippen LogP contribution in [0.3, 0.4) is 0 Å². The fraction of sp³-hybridized carbons (Fsp3) is 0.519. The largest absolute Gasteiger partial charge is 0.416 e. The molecule has 0 unspecified atom stereocenters. The number of carbonyl (C=O) groups excluding carboxylic acids is 1. The first kappa shape index (κ1) is 34.5. The molecule has 40 heavy (non-hydrogen) atoms. The molecule has 1 amide bonds. The zero-order valence-corrected chi connectivity index (χ0v) is 24.4. The molecule has 2 aromatic rings. The molecule has 2 heterocycles. The summed E-state index contributed by atoms with van der Waals surface area (Å²) < 4.78 is 64.8. The molecule has 0 saturated carbocycles. The van der Waals surface area contributed by atoms with Gasteiger partial charge in [0.25, 0.3) is 5.91 Å². The average molecular weight is 631 g/mol. The second kappa shape index (κ2) is 15.5. The van der Waals surface area contributed by atoms with Gasteiger partial charge in [-0.2, -0.15) is 13.2 Å². The quantitative estimate of drug-likeness (QED) is 0.382. The molecule has 2 aromatic carbocycles. The van der Waals surface area contributed by atoms with Gasteiger partial charge in [0.1, 0.15) is 5.82 Å². The van der Waals surface area contributed by atoms with E-state index in [4.69, 9.17) is 21.1 Å². The van der Waals surface area contributed by atoms with Crippen molar-refractivity contribution in [3.05, 3.63) is 70.0 Å². The van der Waals surface area contributed by atoms with E-state index in [0.29, 0.717) is 50.4 Å². The topological polar surface area (TPSA) is 45.2 Å². The lowest BCUT2D eigenvalue weighted by atomic mass is 10.00. The Morgan fingerprint density at radius 2 is 1.70 bits per heavy atom. The summed E-state index contributed by atoms with van der Waals surface area (Å²) in [6.07, 6.45) is -4.22. The predicted octanol–water partition coefficient (Wildman–Crippen LogP) is 5.06. The van der Waals surface area contributed by atoms with Crippen LogP contribution in [0, 0.1) is 5.82 Å². The van der Waals surface area contributed by atoms with Crippen LogP contribution in [0.4, 0.5) is 17.6 Å². The first-order valence-corrected chi connectivity index (χ1v) is 13.0. The third kappa shape index (κ3) is 9.44. The number of morpholine rings is 1. The summed E-state index contributed by atoms with van der Waals surface area (Å²) >= 11 is 6.03. The van der Waals surface area contributed by atoms with E-state index in [0.717, 1.165) is 43.9 Å². The zero-order valence-electron chi connectivity index (χ0n) is 22.0. The van der Waals surface area contributed by atoms with Gasteiger partial charge in [-0.3, -0.25) is 14.6 Å². The molecule has 4 rings (SSSR count). The number of piperazine rings is 1. The first-order valence-electron chi connectivity index (χ1n) is 12.6. The van der Waals surface area contributed by atoms with E-state index in [1.165, 1.54) is 0 Å². The van der Waals surface area contributed by atoms with E-state index >= 15 is 0 Å². The summed E-state index contributed by atoms with van der Waals surface area (Å²) in [6.45, 7) is 5.82. The van der Waals surface area contributed by atoms with Gasteiger partial charge in [-0.05, 0) is 42.3 Å². The summed E-state index contributed by atoms with van der Waals surface area (Å²) in [7, 11) is 1.65. The van der Waals surface area contributed by atoms with Crippen molar-refractivity contribution in [2.45, 2.75) is 24.7 Å². The van der Waals surface area contributed by atoms with Crippen LogP contribution in [0.25, 0.3) is 0 Å². The van der Waals surface area contributed by atoms with Crippen LogP contribution >= 0.6 is 36.4 Å². The van der Waals surface area contributed by atoms with Crippen LogP contribution in [0.1, 0.15) is 21.5 Å². The number of rotatable bonds is 8. The van der Waals surface area contributed by atoms with Crippen molar-refractivity contribution in [2.24, 2.45) is 0 Å². The minimum Gasteiger partial charge on any atom is -0.382 e. The Morgan fingerprint density at radius 1 is 1.02 bits per heavy atom. The van der Waals surface area contributed by atoms with E-state index in [1.54, 1.807) is 24.1 Å². The highest BCUT2D eigenvalue weighted by molar-refractivity contribution is 6.30. The number of benzene rings is 2. The summed E-state index contributed by atoms with van der Waals surface area (Å²) in [5, 5.41) is 0.587. The number of halogens is 7. The first-order chi connectivity index (χ1) is 18.1. The fourth-order valence-corrected chi connectivity index (χ4v) is 5.18. The Balaban J connectivity index is 0.00000280. The predicted molar refractivity (Wildman–Crippen MR) is 150 cm³/mol. The Morgan fingerprint density at radius 3 is 2.35 bits per heavy atom. The number of hydrogen-bond donors (Lipinski definition) is 0. The third-order valence-electron chi connectivity index (χ3n) is 6.99. The third-order valence-corrected chi connectivity index (χ3v) is 7.24. The van der Waals surface area contributed by atoms with E-state index in [2.05, 4.69) is 9.80 Å². The van der Waals surface area contributed by atoms with Crippen molar-refractivity contribution in [3.63, 3.8) is 0 Å². The number of hydrogen-bond acceptors (Lipinski definition) is 5. The minimum atomic E-state index is -4.75. The number of nitrogens with zero attached hydrogens (tertiary/aromatic N) is 3. The second-order valence-electron chi connectivity index (χ2n) is 9.76. The Labute approximate surface area is 249 Å². The van der Waals surface area contributed by atoms with Gasteiger partial charge in [0.05, 0.1) is 24.9 Å². The van der Waals surface area contributed by atoms with E-state index in [1.807, 2.05) is 12.1 Å². The number of amides is 1. The maximum atomic E-state index is 14.1. The van der Waals surface area contributed by atoms with Crippen LogP contribution in [-0.4, -0.2) is 98.9 Å². The molecule has 0 radical (unpaired) electrons. The normalized spacial score (nSPS) is 20.5. The molecule has 2 saturated heterocycles. The highest BCUT2D eigenvalue weighted by Crippen LogP contribution is 2.31. The lowest BCUT2D eigenvalue weighted by Gasteiger charge is -2.42. The Bertz CT molecular complexity index is 1090. The van der Waals surface area contributed by atoms with Crippen molar-refractivity contribution in [2.75, 3.05) is 66.1 Å². The monoisotopic (exact) mass is 629 g/mol. The molecule has 2 aliphatic heterocycles. The SMILES string of the molecule is COC[C@@H]1CN(CCN2CCN(C(=O)c3cc(F)cc(C(F)(F)F)c3)[C@H](Cc3ccc(Cl)cc3)C2)CCO1.Cl.Cl. The number of methoxy groups -OCH3 is 1. The van der Waals surface area contributed by atoms with Gasteiger partial charge in [-0.15, -0.1) is 24.8 Å². The molecular weight excluding hydrogens is 597 g/mol. The molecule has 0 bridgehead atoms. The van der Waals surface area contributed by atoms with E-state index in [-0.39, 0.29) is 42.5 Å². The van der Waals surface area contributed by atoms with Gasteiger partial charge in [0.15, 0.2) is 0 Å². The second-order valence-corrected chi connectivity index (χ2v) is 10.2. The molecule has 2 atom stereocenters. The van der Waals surface area contributed by atoms with Gasteiger partial charge in [-0.25, -0.2) is 4.39 Å².